The third-order valence-corrected chi connectivity index (χ3v) is 5.51. The van der Waals surface area contributed by atoms with Crippen molar-refractivity contribution in [2.45, 2.75) is 38.9 Å². The summed E-state index contributed by atoms with van der Waals surface area (Å²) in [6.45, 7) is 6.97. The third kappa shape index (κ3) is 3.69. The molecule has 0 aliphatic carbocycles. The van der Waals surface area contributed by atoms with Crippen LogP contribution in [0, 0.1) is 0 Å². The van der Waals surface area contributed by atoms with Gasteiger partial charge in [-0.2, -0.15) is 0 Å². The van der Waals surface area contributed by atoms with Crippen molar-refractivity contribution in [2.24, 2.45) is 0 Å². The standard InChI is InChI=1S/C28H27BO2/c1-27(2)28(3,4)31-29(30-27)26-12-8-11-21(19-26)23-15-16-24-17-22(13-14-25(24)18-23)20-9-6-5-7-10-20/h5-19H,1-4H3/i5D,6D,7D,8D,9D,10D,11D,12D,13D,14D,15D,16D,17D,18D,19D. The van der Waals surface area contributed by atoms with E-state index in [1.165, 1.54) is 0 Å². The molecule has 4 aromatic carbocycles. The first-order chi connectivity index (χ1) is 21.1. The van der Waals surface area contributed by atoms with Crippen molar-refractivity contribution in [3.63, 3.8) is 0 Å². The normalized spacial score (nSPS) is 24.0. The molecule has 31 heavy (non-hydrogen) atoms. The molecule has 0 saturated carbocycles. The van der Waals surface area contributed by atoms with Crippen molar-refractivity contribution in [3.05, 3.63) is 90.6 Å². The number of rotatable bonds is 3. The molecule has 1 saturated heterocycles. The van der Waals surface area contributed by atoms with E-state index in [4.69, 9.17) is 29.9 Å². The summed E-state index contributed by atoms with van der Waals surface area (Å²) >= 11 is 0. The van der Waals surface area contributed by atoms with Crippen LogP contribution in [0.5, 0.6) is 0 Å². The molecule has 3 heteroatoms. The highest BCUT2D eigenvalue weighted by Gasteiger charge is 2.51. The fraction of sp³-hybridized carbons (Fsp3) is 0.214. The molecule has 0 unspecified atom stereocenters. The van der Waals surface area contributed by atoms with Gasteiger partial charge in [0.25, 0.3) is 0 Å². The zero-order chi connectivity index (χ0) is 34.7. The van der Waals surface area contributed by atoms with Gasteiger partial charge in [-0.05, 0) is 78.3 Å². The molecule has 0 radical (unpaired) electrons. The Kier molecular flexibility index (Phi) is 2.21. The second-order valence-corrected chi connectivity index (χ2v) is 8.13. The molecule has 0 amide bonds. The van der Waals surface area contributed by atoms with Gasteiger partial charge in [0.15, 0.2) is 0 Å². The van der Waals surface area contributed by atoms with Gasteiger partial charge in [-0.25, -0.2) is 0 Å². The molecule has 0 spiro atoms. The van der Waals surface area contributed by atoms with Crippen LogP contribution in [0.4, 0.5) is 0 Å². The highest BCUT2D eigenvalue weighted by atomic mass is 16.7. The quantitative estimate of drug-likeness (QED) is 0.353. The summed E-state index contributed by atoms with van der Waals surface area (Å²) in [4.78, 5) is 0. The Bertz CT molecular complexity index is 1980. The van der Waals surface area contributed by atoms with E-state index in [2.05, 4.69) is 0 Å². The van der Waals surface area contributed by atoms with Crippen LogP contribution in [-0.2, 0) is 9.31 Å². The van der Waals surface area contributed by atoms with E-state index < -0.39 is 142 Å². The first kappa shape index (κ1) is 9.32. The van der Waals surface area contributed by atoms with Gasteiger partial charge in [-0.15, -0.1) is 0 Å². The molecule has 5 rings (SSSR count). The zero-order valence-corrected chi connectivity index (χ0v) is 17.4. The van der Waals surface area contributed by atoms with Crippen LogP contribution in [0.15, 0.2) is 90.6 Å². The molecule has 1 heterocycles. The lowest BCUT2D eigenvalue weighted by Crippen LogP contribution is -2.41. The van der Waals surface area contributed by atoms with Gasteiger partial charge >= 0.3 is 7.12 Å². The molecule has 0 N–H and O–H groups in total. The molecule has 0 bridgehead atoms. The van der Waals surface area contributed by atoms with Crippen LogP contribution in [0.2, 0.25) is 0 Å². The predicted octanol–water partition coefficient (Wildman–Crippen LogP) is 6.47. The molecular weight excluding hydrogens is 379 g/mol. The van der Waals surface area contributed by atoms with Gasteiger partial charge in [0, 0.05) is 0 Å². The molecule has 1 fully saturated rings. The van der Waals surface area contributed by atoms with Crippen molar-refractivity contribution < 1.29 is 29.9 Å². The minimum Gasteiger partial charge on any atom is -0.399 e. The van der Waals surface area contributed by atoms with Crippen LogP contribution in [0.25, 0.3) is 33.0 Å². The summed E-state index contributed by atoms with van der Waals surface area (Å²) < 4.78 is 140. The molecule has 0 aromatic heterocycles. The number of hydrogen-bond acceptors (Lipinski definition) is 2. The van der Waals surface area contributed by atoms with E-state index in [-0.39, 0.29) is 5.46 Å². The number of fused-ring (bicyclic) bond motifs is 1. The van der Waals surface area contributed by atoms with Crippen molar-refractivity contribution in [2.75, 3.05) is 0 Å². The lowest BCUT2D eigenvalue weighted by Gasteiger charge is -2.32. The van der Waals surface area contributed by atoms with Gasteiger partial charge in [-0.1, -0.05) is 78.6 Å². The zero-order valence-electron chi connectivity index (χ0n) is 32.4. The third-order valence-electron chi connectivity index (χ3n) is 5.51. The van der Waals surface area contributed by atoms with Crippen molar-refractivity contribution in [1.29, 1.82) is 0 Å². The Morgan fingerprint density at radius 3 is 1.71 bits per heavy atom. The van der Waals surface area contributed by atoms with Gasteiger partial charge in [0.05, 0.1) is 31.8 Å². The minimum atomic E-state index is -1.32. The van der Waals surface area contributed by atoms with E-state index in [0.29, 0.717) is 0 Å². The van der Waals surface area contributed by atoms with E-state index in [1.807, 2.05) is 0 Å². The van der Waals surface area contributed by atoms with Crippen molar-refractivity contribution in [3.8, 4) is 22.3 Å². The Balaban J connectivity index is 1.89. The summed E-state index contributed by atoms with van der Waals surface area (Å²) in [6, 6.07) is -10.6. The van der Waals surface area contributed by atoms with Crippen LogP contribution in [0.3, 0.4) is 0 Å². The summed E-state index contributed by atoms with van der Waals surface area (Å²) in [6.07, 6.45) is 0. The van der Waals surface area contributed by atoms with Crippen molar-refractivity contribution in [1.82, 2.24) is 0 Å². The number of benzene rings is 4. The smallest absolute Gasteiger partial charge is 0.399 e. The van der Waals surface area contributed by atoms with Crippen LogP contribution < -0.4 is 5.46 Å². The molecule has 0 atom stereocenters. The van der Waals surface area contributed by atoms with Gasteiger partial charge < -0.3 is 9.31 Å². The SMILES string of the molecule is [2H]c1c([2H])c([2H])c(-c2c([2H])c([2H])c3c([2H])c(-c4c([2H])c([2H])c([2H])c(B5OC(C)(C)C(C)(C)O5)c4[2H])c([2H])c([2H])c3c2[2H])c([2H])c1[2H]. The fourth-order valence-corrected chi connectivity index (χ4v) is 3.06. The maximum absolute atomic E-state index is 9.04. The molecule has 1 aliphatic heterocycles. The van der Waals surface area contributed by atoms with E-state index >= 15 is 0 Å². The fourth-order valence-electron chi connectivity index (χ4n) is 3.06. The number of hydrogen-bond donors (Lipinski definition) is 0. The van der Waals surface area contributed by atoms with Crippen molar-refractivity contribution >= 4 is 23.4 Å². The molecule has 1 aliphatic rings. The lowest BCUT2D eigenvalue weighted by molar-refractivity contribution is 0.00578. The van der Waals surface area contributed by atoms with Gasteiger partial charge in [0.1, 0.15) is 0 Å². The topological polar surface area (TPSA) is 18.5 Å². The summed E-state index contributed by atoms with van der Waals surface area (Å²) in [7, 11) is -1.32. The Hall–Kier alpha value is -2.88. The molecule has 4 aromatic rings. The Labute approximate surface area is 206 Å². The monoisotopic (exact) mass is 421 g/mol. The van der Waals surface area contributed by atoms with Gasteiger partial charge in [-0.3, -0.25) is 0 Å². The van der Waals surface area contributed by atoms with E-state index in [0.717, 1.165) is 0 Å². The largest absolute Gasteiger partial charge is 0.494 e. The lowest BCUT2D eigenvalue weighted by atomic mass is 9.78. The highest BCUT2D eigenvalue weighted by molar-refractivity contribution is 6.62. The second-order valence-electron chi connectivity index (χ2n) is 8.13. The molecule has 154 valence electrons. The van der Waals surface area contributed by atoms with Crippen LogP contribution in [-0.4, -0.2) is 18.3 Å². The first-order valence-corrected chi connectivity index (χ1v) is 9.67. The van der Waals surface area contributed by atoms with E-state index in [9.17, 15) is 0 Å². The Morgan fingerprint density at radius 1 is 0.581 bits per heavy atom. The average Bonchev–Trinajstić information content (AvgIpc) is 3.19. The predicted molar refractivity (Wildman–Crippen MR) is 131 cm³/mol. The van der Waals surface area contributed by atoms with Crippen LogP contribution in [0.1, 0.15) is 48.3 Å². The molecule has 2 nitrogen and oxygen atoms in total. The van der Waals surface area contributed by atoms with Crippen LogP contribution >= 0.6 is 0 Å². The molecular formula is C28H27BO2. The van der Waals surface area contributed by atoms with E-state index in [1.54, 1.807) is 27.7 Å². The average molecular weight is 421 g/mol. The Morgan fingerprint density at radius 2 is 1.10 bits per heavy atom. The maximum atomic E-state index is 9.04. The highest BCUT2D eigenvalue weighted by Crippen LogP contribution is 2.37. The maximum Gasteiger partial charge on any atom is 0.494 e. The summed E-state index contributed by atoms with van der Waals surface area (Å²) in [5.41, 5.74) is -4.10. The minimum absolute atomic E-state index is 0.231. The van der Waals surface area contributed by atoms with Gasteiger partial charge in [0.2, 0.25) is 0 Å². The first-order valence-electron chi connectivity index (χ1n) is 17.2. The summed E-state index contributed by atoms with van der Waals surface area (Å²) in [5.74, 6) is 0. The summed E-state index contributed by atoms with van der Waals surface area (Å²) in [5, 5.41) is -0.950. The second kappa shape index (κ2) is 7.37.